The van der Waals surface area contributed by atoms with Crippen LogP contribution in [0.1, 0.15) is 34.3 Å². The van der Waals surface area contributed by atoms with Crippen molar-refractivity contribution in [3.05, 3.63) is 65.2 Å². The van der Waals surface area contributed by atoms with Gasteiger partial charge in [0, 0.05) is 37.3 Å². The fourth-order valence-electron chi connectivity index (χ4n) is 2.96. The molecule has 138 valence electrons. The average molecular weight is 374 g/mol. The molecule has 0 bridgehead atoms. The van der Waals surface area contributed by atoms with Gasteiger partial charge in [-0.1, -0.05) is 24.3 Å². The number of nitrogens with one attached hydrogen (secondary N) is 1. The van der Waals surface area contributed by atoms with E-state index in [0.717, 1.165) is 36.2 Å². The van der Waals surface area contributed by atoms with Crippen LogP contribution in [0.25, 0.3) is 0 Å². The predicted molar refractivity (Wildman–Crippen MR) is 105 cm³/mol. The van der Waals surface area contributed by atoms with Gasteiger partial charge in [0.05, 0.1) is 0 Å². The summed E-state index contributed by atoms with van der Waals surface area (Å²) < 4.78 is 0. The SMILES string of the molecule is Cl.Nc1ccc(CCNC(=O)c2ccc(CN3CCCC3=O)cc2)cc1. The van der Waals surface area contributed by atoms with E-state index in [0.29, 0.717) is 25.1 Å². The third-order valence-electron chi connectivity index (χ3n) is 4.44. The van der Waals surface area contributed by atoms with Gasteiger partial charge in [-0.25, -0.2) is 0 Å². The van der Waals surface area contributed by atoms with E-state index in [1.165, 1.54) is 0 Å². The molecule has 0 aromatic heterocycles. The summed E-state index contributed by atoms with van der Waals surface area (Å²) in [4.78, 5) is 25.7. The van der Waals surface area contributed by atoms with Gasteiger partial charge in [0.15, 0.2) is 0 Å². The zero-order chi connectivity index (χ0) is 17.6. The lowest BCUT2D eigenvalue weighted by molar-refractivity contribution is -0.128. The van der Waals surface area contributed by atoms with E-state index in [2.05, 4.69) is 5.32 Å². The van der Waals surface area contributed by atoms with Crippen molar-refractivity contribution in [1.29, 1.82) is 0 Å². The maximum atomic E-state index is 12.2. The van der Waals surface area contributed by atoms with Crippen molar-refractivity contribution >= 4 is 29.9 Å². The van der Waals surface area contributed by atoms with Gasteiger partial charge in [-0.15, -0.1) is 12.4 Å². The van der Waals surface area contributed by atoms with Crippen LogP contribution in [0.2, 0.25) is 0 Å². The number of halogens is 1. The zero-order valence-corrected chi connectivity index (χ0v) is 15.4. The monoisotopic (exact) mass is 373 g/mol. The first kappa shape index (κ1) is 19.8. The van der Waals surface area contributed by atoms with Crippen LogP contribution in [0, 0.1) is 0 Å². The molecule has 26 heavy (non-hydrogen) atoms. The number of amides is 2. The molecule has 0 aliphatic carbocycles. The van der Waals surface area contributed by atoms with Crippen molar-refractivity contribution in [2.24, 2.45) is 0 Å². The summed E-state index contributed by atoms with van der Waals surface area (Å²) in [5, 5.41) is 2.93. The molecule has 5 nitrogen and oxygen atoms in total. The first-order valence-corrected chi connectivity index (χ1v) is 8.61. The molecule has 6 heteroatoms. The Morgan fingerprint density at radius 3 is 2.31 bits per heavy atom. The summed E-state index contributed by atoms with van der Waals surface area (Å²) in [5.41, 5.74) is 9.22. The fraction of sp³-hybridized carbons (Fsp3) is 0.300. The minimum absolute atomic E-state index is 0. The summed E-state index contributed by atoms with van der Waals surface area (Å²) in [6.07, 6.45) is 2.35. The molecule has 0 atom stereocenters. The lowest BCUT2D eigenvalue weighted by Gasteiger charge is -2.15. The highest BCUT2D eigenvalue weighted by molar-refractivity contribution is 5.94. The largest absolute Gasteiger partial charge is 0.399 e. The topological polar surface area (TPSA) is 75.4 Å². The Balaban J connectivity index is 0.00000243. The molecular formula is C20H24ClN3O2. The van der Waals surface area contributed by atoms with Gasteiger partial charge < -0.3 is 16.0 Å². The fourth-order valence-corrected chi connectivity index (χ4v) is 2.96. The first-order valence-electron chi connectivity index (χ1n) is 8.61. The molecule has 1 saturated heterocycles. The average Bonchev–Trinajstić information content (AvgIpc) is 3.02. The highest BCUT2D eigenvalue weighted by Crippen LogP contribution is 2.14. The number of anilines is 1. The van der Waals surface area contributed by atoms with Gasteiger partial charge in [0.25, 0.3) is 5.91 Å². The van der Waals surface area contributed by atoms with Crippen LogP contribution in [0.5, 0.6) is 0 Å². The Kier molecular flexibility index (Phi) is 7.04. The smallest absolute Gasteiger partial charge is 0.251 e. The van der Waals surface area contributed by atoms with Crippen LogP contribution in [0.15, 0.2) is 48.5 Å². The standard InChI is InChI=1S/C20H23N3O2.ClH/c21-18-9-5-15(6-10-18)11-12-22-20(25)17-7-3-16(4-8-17)14-23-13-1-2-19(23)24;/h3-10H,1-2,11-14,21H2,(H,22,25);1H. The summed E-state index contributed by atoms with van der Waals surface area (Å²) >= 11 is 0. The van der Waals surface area contributed by atoms with Crippen LogP contribution in [0.3, 0.4) is 0 Å². The Morgan fingerprint density at radius 1 is 1.04 bits per heavy atom. The summed E-state index contributed by atoms with van der Waals surface area (Å²) in [6.45, 7) is 2.02. The number of nitrogens with zero attached hydrogens (tertiary/aromatic N) is 1. The quantitative estimate of drug-likeness (QED) is 0.764. The molecule has 0 unspecified atom stereocenters. The van der Waals surface area contributed by atoms with Gasteiger partial charge in [0.1, 0.15) is 0 Å². The van der Waals surface area contributed by atoms with Gasteiger partial charge >= 0.3 is 0 Å². The molecule has 0 saturated carbocycles. The second-order valence-corrected chi connectivity index (χ2v) is 6.36. The lowest BCUT2D eigenvalue weighted by Crippen LogP contribution is -2.26. The molecule has 2 aromatic carbocycles. The molecule has 2 amide bonds. The highest BCUT2D eigenvalue weighted by Gasteiger charge is 2.19. The lowest BCUT2D eigenvalue weighted by atomic mass is 10.1. The predicted octanol–water partition coefficient (Wildman–Crippen LogP) is 2.79. The van der Waals surface area contributed by atoms with Gasteiger partial charge in [-0.05, 0) is 48.2 Å². The van der Waals surface area contributed by atoms with Gasteiger partial charge in [0.2, 0.25) is 5.91 Å². The number of likely N-dealkylation sites (tertiary alicyclic amines) is 1. The minimum Gasteiger partial charge on any atom is -0.399 e. The number of nitrogen functional groups attached to an aromatic ring is 1. The number of carbonyl (C=O) groups excluding carboxylic acids is 2. The summed E-state index contributed by atoms with van der Waals surface area (Å²) in [5.74, 6) is 0.128. The Labute approximate surface area is 160 Å². The van der Waals surface area contributed by atoms with Crippen molar-refractivity contribution in [2.75, 3.05) is 18.8 Å². The number of nitrogens with two attached hydrogens (primary N) is 1. The summed E-state index contributed by atoms with van der Waals surface area (Å²) in [6, 6.07) is 15.1. The molecule has 1 aliphatic heterocycles. The van der Waals surface area contributed by atoms with Crippen LogP contribution < -0.4 is 11.1 Å². The summed E-state index contributed by atoms with van der Waals surface area (Å²) in [7, 11) is 0. The van der Waals surface area contributed by atoms with E-state index in [1.807, 2.05) is 53.4 Å². The highest BCUT2D eigenvalue weighted by atomic mass is 35.5. The van der Waals surface area contributed by atoms with E-state index >= 15 is 0 Å². The number of rotatable bonds is 6. The maximum Gasteiger partial charge on any atom is 0.251 e. The van der Waals surface area contributed by atoms with Crippen molar-refractivity contribution < 1.29 is 9.59 Å². The molecule has 1 fully saturated rings. The molecule has 2 aromatic rings. The third-order valence-corrected chi connectivity index (χ3v) is 4.44. The second-order valence-electron chi connectivity index (χ2n) is 6.36. The molecular weight excluding hydrogens is 350 g/mol. The van der Waals surface area contributed by atoms with Crippen molar-refractivity contribution in [3.63, 3.8) is 0 Å². The van der Waals surface area contributed by atoms with Crippen LogP contribution in [-0.4, -0.2) is 29.8 Å². The molecule has 1 aliphatic rings. The van der Waals surface area contributed by atoms with Crippen molar-refractivity contribution in [2.45, 2.75) is 25.8 Å². The Morgan fingerprint density at radius 2 is 1.69 bits per heavy atom. The second kappa shape index (κ2) is 9.25. The van der Waals surface area contributed by atoms with E-state index in [1.54, 1.807) is 0 Å². The van der Waals surface area contributed by atoms with Crippen molar-refractivity contribution in [3.8, 4) is 0 Å². The van der Waals surface area contributed by atoms with E-state index in [-0.39, 0.29) is 24.2 Å². The molecule has 3 rings (SSSR count). The van der Waals surface area contributed by atoms with Gasteiger partial charge in [-0.3, -0.25) is 9.59 Å². The normalized spacial score (nSPS) is 13.4. The van der Waals surface area contributed by atoms with E-state index < -0.39 is 0 Å². The Hall–Kier alpha value is -2.53. The maximum absolute atomic E-state index is 12.2. The molecule has 1 heterocycles. The third kappa shape index (κ3) is 5.23. The molecule has 0 spiro atoms. The minimum atomic E-state index is -0.0840. The molecule has 3 N–H and O–H groups in total. The number of carbonyl (C=O) groups is 2. The first-order chi connectivity index (χ1) is 12.1. The molecule has 0 radical (unpaired) electrons. The number of hydrogen-bond donors (Lipinski definition) is 2. The van der Waals surface area contributed by atoms with Crippen LogP contribution in [0.4, 0.5) is 5.69 Å². The zero-order valence-electron chi connectivity index (χ0n) is 14.6. The van der Waals surface area contributed by atoms with E-state index in [4.69, 9.17) is 5.73 Å². The van der Waals surface area contributed by atoms with Crippen LogP contribution in [-0.2, 0) is 17.8 Å². The van der Waals surface area contributed by atoms with E-state index in [9.17, 15) is 9.59 Å². The number of benzene rings is 2. The Bertz CT molecular complexity index is 745. The van der Waals surface area contributed by atoms with Gasteiger partial charge in [-0.2, -0.15) is 0 Å². The van der Waals surface area contributed by atoms with Crippen LogP contribution >= 0.6 is 12.4 Å². The van der Waals surface area contributed by atoms with Crippen molar-refractivity contribution in [1.82, 2.24) is 10.2 Å². The number of hydrogen-bond acceptors (Lipinski definition) is 3.